The molecule has 2 aromatic carbocycles. The van der Waals surface area contributed by atoms with Crippen molar-refractivity contribution in [2.24, 2.45) is 4.99 Å². The van der Waals surface area contributed by atoms with Crippen LogP contribution in [0.4, 0.5) is 40.8 Å². The molecule has 0 bridgehead atoms. The molecule has 1 aliphatic heterocycles. The molecule has 0 saturated heterocycles. The van der Waals surface area contributed by atoms with Gasteiger partial charge in [-0.15, -0.1) is 11.6 Å². The Morgan fingerprint density at radius 2 is 1.55 bits per heavy atom. The van der Waals surface area contributed by atoms with Crippen LogP contribution in [0.2, 0.25) is 0 Å². The van der Waals surface area contributed by atoms with Crippen LogP contribution in [0.25, 0.3) is 33.4 Å². The Bertz CT molecular complexity index is 1930. The highest BCUT2D eigenvalue weighted by atomic mass is 35.5. The first-order valence-electron chi connectivity index (χ1n) is 16.2. The number of carbonyl (C=O) groups excluding carboxylic acids is 1. The van der Waals surface area contributed by atoms with E-state index in [1.165, 1.54) is 6.07 Å². The van der Waals surface area contributed by atoms with Gasteiger partial charge in [0.25, 0.3) is 5.91 Å². The average Bonchev–Trinajstić information content (AvgIpc) is 3.08. The van der Waals surface area contributed by atoms with Crippen LogP contribution in [-0.4, -0.2) is 81.3 Å². The maximum atomic E-state index is 15.3. The smallest absolute Gasteiger partial charge is 0.407 e. The van der Waals surface area contributed by atoms with Crippen molar-refractivity contribution < 1.29 is 63.7 Å². The van der Waals surface area contributed by atoms with Crippen LogP contribution in [0, 0.1) is 11.6 Å². The summed E-state index contributed by atoms with van der Waals surface area (Å²) >= 11 is 5.65. The third kappa shape index (κ3) is 12.0. The SMILES string of the molecule is O=C(NCCOCCOCCCCCCCl)c1ccc(C(=O)O)c(-c2c3cc(F)/c(=N\CC(F)(F)F)cc-3oc3cc(NCC(F)(F)F)c(F)cc23)c1. The molecule has 3 N–H and O–H groups in total. The Kier molecular flexibility index (Phi) is 14.4. The number of fused-ring (bicyclic) bond motifs is 2. The number of aromatic carboxylic acids is 1. The van der Waals surface area contributed by atoms with Crippen molar-refractivity contribution >= 4 is 40.1 Å². The highest BCUT2D eigenvalue weighted by Gasteiger charge is 2.29. The van der Waals surface area contributed by atoms with Gasteiger partial charge in [0.15, 0.2) is 0 Å². The van der Waals surface area contributed by atoms with Gasteiger partial charge in [0.05, 0.1) is 36.4 Å². The number of benzene rings is 3. The minimum atomic E-state index is -4.80. The fraction of sp³-hybridized carbons (Fsp3) is 0.400. The summed E-state index contributed by atoms with van der Waals surface area (Å²) in [6.45, 7) is -2.09. The molecule has 53 heavy (non-hydrogen) atoms. The van der Waals surface area contributed by atoms with Crippen molar-refractivity contribution in [3.05, 3.63) is 70.6 Å². The molecular weight excluding hydrogens is 746 g/mol. The number of carboxylic acids is 1. The molecule has 0 fully saturated rings. The number of ether oxygens (including phenoxy) is 2. The Hall–Kier alpha value is -4.48. The van der Waals surface area contributed by atoms with E-state index in [4.69, 9.17) is 25.5 Å². The summed E-state index contributed by atoms with van der Waals surface area (Å²) in [6, 6.07) is 6.44. The number of anilines is 1. The second-order valence-corrected chi connectivity index (χ2v) is 12.0. The predicted molar refractivity (Wildman–Crippen MR) is 179 cm³/mol. The molecule has 0 spiro atoms. The zero-order valence-corrected chi connectivity index (χ0v) is 28.6. The molecule has 2 aliphatic rings. The second-order valence-electron chi connectivity index (χ2n) is 11.7. The largest absolute Gasteiger partial charge is 0.478 e. The van der Waals surface area contributed by atoms with Crippen LogP contribution in [-0.2, 0) is 9.47 Å². The molecule has 4 rings (SSSR count). The Balaban J connectivity index is 1.68. The van der Waals surface area contributed by atoms with E-state index in [0.29, 0.717) is 25.2 Å². The number of nitrogens with zero attached hydrogens (tertiary/aromatic N) is 1. The summed E-state index contributed by atoms with van der Waals surface area (Å²) < 4.78 is 125. The van der Waals surface area contributed by atoms with Crippen LogP contribution in [0.5, 0.6) is 0 Å². The molecule has 0 unspecified atom stereocenters. The number of carbonyl (C=O) groups is 2. The standard InChI is InChI=1S/C35H34ClF8N3O6/c36-7-3-1-2-4-9-51-11-12-52-10-8-45-32(48)20-5-6-21(33(49)50)22(13-20)31-23-14-25(37)27(46-18-34(39,40)41)16-29(23)53-30-17-28(26(38)15-24(30)31)47-19-35(42,43)44/h5-6,13-17,46H,1-4,7-12,18-19H2,(H,45,48)(H,49,50)/b47-28-. The zero-order valence-electron chi connectivity index (χ0n) is 27.9. The number of halogens is 9. The molecule has 288 valence electrons. The van der Waals surface area contributed by atoms with Gasteiger partial charge in [-0.05, 0) is 48.7 Å². The number of alkyl halides is 7. The maximum absolute atomic E-state index is 15.3. The van der Waals surface area contributed by atoms with Gasteiger partial charge in [0.2, 0.25) is 0 Å². The van der Waals surface area contributed by atoms with Crippen molar-refractivity contribution in [1.82, 2.24) is 5.32 Å². The number of rotatable bonds is 18. The number of carboxylic acid groups (broad SMARTS) is 1. The van der Waals surface area contributed by atoms with Crippen molar-refractivity contribution in [2.75, 3.05) is 57.3 Å². The fourth-order valence-corrected chi connectivity index (χ4v) is 5.42. The first-order valence-corrected chi connectivity index (χ1v) is 16.8. The van der Waals surface area contributed by atoms with Crippen molar-refractivity contribution in [3.63, 3.8) is 0 Å². The molecule has 9 nitrogen and oxygen atoms in total. The lowest BCUT2D eigenvalue weighted by Crippen LogP contribution is -2.27. The van der Waals surface area contributed by atoms with Crippen molar-refractivity contribution in [3.8, 4) is 22.5 Å². The van der Waals surface area contributed by atoms with Gasteiger partial charge in [0, 0.05) is 53.2 Å². The number of unbranched alkanes of at least 4 members (excludes halogenated alkanes) is 3. The van der Waals surface area contributed by atoms with Crippen LogP contribution < -0.4 is 16.0 Å². The molecular formula is C35H34ClF8N3O6. The van der Waals surface area contributed by atoms with Gasteiger partial charge in [-0.25, -0.2) is 13.6 Å². The van der Waals surface area contributed by atoms with Crippen LogP contribution in [0.1, 0.15) is 46.4 Å². The lowest BCUT2D eigenvalue weighted by atomic mass is 9.89. The molecule has 0 saturated carbocycles. The number of nitrogens with one attached hydrogen (secondary N) is 2. The average molecular weight is 780 g/mol. The van der Waals surface area contributed by atoms with Crippen LogP contribution in [0.15, 0.2) is 51.9 Å². The highest BCUT2D eigenvalue weighted by molar-refractivity contribution is 6.17. The van der Waals surface area contributed by atoms with Crippen LogP contribution >= 0.6 is 11.6 Å². The molecule has 18 heteroatoms. The van der Waals surface area contributed by atoms with Crippen molar-refractivity contribution in [1.29, 1.82) is 0 Å². The topological polar surface area (TPSA) is 122 Å². The monoisotopic (exact) mass is 779 g/mol. The van der Waals surface area contributed by atoms with Gasteiger partial charge in [-0.1, -0.05) is 12.8 Å². The van der Waals surface area contributed by atoms with Crippen molar-refractivity contribution in [2.45, 2.75) is 38.0 Å². The number of amides is 1. The summed E-state index contributed by atoms with van der Waals surface area (Å²) in [6.07, 6.45) is -5.69. The molecule has 0 aromatic heterocycles. The van der Waals surface area contributed by atoms with E-state index < -0.39 is 65.6 Å². The number of hydrogen-bond acceptors (Lipinski definition) is 7. The van der Waals surface area contributed by atoms with E-state index in [1.54, 1.807) is 0 Å². The van der Waals surface area contributed by atoms with Gasteiger partial charge in [0.1, 0.15) is 36.1 Å². The highest BCUT2D eigenvalue weighted by Crippen LogP contribution is 2.43. The summed E-state index contributed by atoms with van der Waals surface area (Å²) in [5.74, 6) is -4.47. The van der Waals surface area contributed by atoms with E-state index in [9.17, 15) is 41.0 Å². The summed E-state index contributed by atoms with van der Waals surface area (Å²) in [5, 5.41) is 13.5. The predicted octanol–water partition coefficient (Wildman–Crippen LogP) is 8.18. The quantitative estimate of drug-likeness (QED) is 0.0403. The fourth-order valence-electron chi connectivity index (χ4n) is 5.23. The van der Waals surface area contributed by atoms with E-state index >= 15 is 8.78 Å². The molecule has 0 atom stereocenters. The Morgan fingerprint density at radius 1 is 0.830 bits per heavy atom. The van der Waals surface area contributed by atoms with E-state index in [-0.39, 0.29) is 58.7 Å². The van der Waals surface area contributed by atoms with Gasteiger partial charge in [-0.3, -0.25) is 9.79 Å². The lowest BCUT2D eigenvalue weighted by Gasteiger charge is -2.19. The Labute approximate surface area is 302 Å². The second kappa shape index (κ2) is 18.5. The summed E-state index contributed by atoms with van der Waals surface area (Å²) in [7, 11) is 0. The van der Waals surface area contributed by atoms with E-state index in [0.717, 1.165) is 56.0 Å². The van der Waals surface area contributed by atoms with Gasteiger partial charge in [-0.2, -0.15) is 26.3 Å². The van der Waals surface area contributed by atoms with Gasteiger partial charge < -0.3 is 29.6 Å². The zero-order chi connectivity index (χ0) is 38.8. The third-order valence-electron chi connectivity index (χ3n) is 7.64. The molecule has 2 aromatic rings. The molecule has 1 aliphatic carbocycles. The molecule has 1 heterocycles. The van der Waals surface area contributed by atoms with E-state index in [1.807, 2.05) is 5.32 Å². The third-order valence-corrected chi connectivity index (χ3v) is 7.91. The summed E-state index contributed by atoms with van der Waals surface area (Å²) in [4.78, 5) is 28.8. The number of hydrogen-bond donors (Lipinski definition) is 3. The molecule has 1 amide bonds. The van der Waals surface area contributed by atoms with Crippen LogP contribution in [0.3, 0.4) is 0 Å². The maximum Gasteiger partial charge on any atom is 0.407 e. The minimum absolute atomic E-state index is 0.0394. The molecule has 0 radical (unpaired) electrons. The Morgan fingerprint density at radius 3 is 2.23 bits per heavy atom. The first kappa shape index (κ1) is 41.3. The normalized spacial score (nSPS) is 12.5. The minimum Gasteiger partial charge on any atom is -0.478 e. The first-order chi connectivity index (χ1) is 25.1. The summed E-state index contributed by atoms with van der Waals surface area (Å²) in [5.41, 5.74) is -2.34. The van der Waals surface area contributed by atoms with E-state index in [2.05, 4.69) is 10.3 Å². The lowest BCUT2D eigenvalue weighted by molar-refractivity contribution is -0.118. The van der Waals surface area contributed by atoms with Gasteiger partial charge >= 0.3 is 18.3 Å².